The second kappa shape index (κ2) is 20.5. The van der Waals surface area contributed by atoms with E-state index in [0.29, 0.717) is 17.5 Å². The number of nitrogens with zero attached hydrogens (tertiary/aromatic N) is 1. The number of nitrogens with two attached hydrogens (primary N) is 1. The summed E-state index contributed by atoms with van der Waals surface area (Å²) < 4.78 is 47.4. The predicted molar refractivity (Wildman–Crippen MR) is 253 cm³/mol. The normalized spacial score (nSPS) is 14.4. The Morgan fingerprint density at radius 3 is 2.03 bits per heavy atom. The van der Waals surface area contributed by atoms with Crippen molar-refractivity contribution in [1.29, 1.82) is 0 Å². The van der Waals surface area contributed by atoms with Gasteiger partial charge in [0.2, 0.25) is 11.9 Å². The fraction of sp³-hybridized carbons (Fsp3) is 0.333. The van der Waals surface area contributed by atoms with Gasteiger partial charge in [0, 0.05) is 25.6 Å². The molecule has 1 aliphatic heterocycles. The standard InChI is InChI=1S/C51H58N6O8S/c1-32-33(2)46(34(3)38-25-26-51(4,5)65-45(32)38)66(61,62)57-48(52)53-27-13-20-44(56-50(60)64-31-43-41-18-11-9-16-39(41)40-17-10-12-19-42(40)43)47(58)54-28-35-21-23-36(24-22-35)29-55-49(59)63-30-37-14-7-6-8-15-37/h6-12,14-19,21-24,43-44H,13,20,25-31H2,1-5H3,(H,54,58)(H,55,59)(H,56,60)(H3,52,53,57)/t44-/m1/s1. The number of amides is 3. The Kier molecular flexibility index (Phi) is 14.7. The van der Waals surface area contributed by atoms with Crippen molar-refractivity contribution >= 4 is 34.1 Å². The van der Waals surface area contributed by atoms with Gasteiger partial charge in [-0.05, 0) is 121 Å². The summed E-state index contributed by atoms with van der Waals surface area (Å²) in [5.74, 6) is -0.190. The van der Waals surface area contributed by atoms with E-state index in [-0.39, 0.29) is 68.1 Å². The van der Waals surface area contributed by atoms with Crippen LogP contribution in [-0.4, -0.2) is 57.3 Å². The van der Waals surface area contributed by atoms with Crippen LogP contribution in [0, 0.1) is 20.8 Å². The molecule has 2 aliphatic rings. The number of hydrogen-bond donors (Lipinski definition) is 5. The Morgan fingerprint density at radius 2 is 1.38 bits per heavy atom. The van der Waals surface area contributed by atoms with Crippen LogP contribution >= 0.6 is 0 Å². The zero-order valence-electron chi connectivity index (χ0n) is 38.0. The molecule has 0 radical (unpaired) electrons. The molecule has 5 aromatic rings. The van der Waals surface area contributed by atoms with E-state index >= 15 is 0 Å². The third-order valence-electron chi connectivity index (χ3n) is 12.2. The number of alkyl carbamates (subject to hydrolysis) is 2. The third kappa shape index (κ3) is 11.3. The van der Waals surface area contributed by atoms with Crippen LogP contribution in [-0.2, 0) is 50.4 Å². The van der Waals surface area contributed by atoms with Crippen LogP contribution in [0.2, 0.25) is 0 Å². The molecule has 1 aliphatic carbocycles. The van der Waals surface area contributed by atoms with E-state index in [1.54, 1.807) is 13.8 Å². The van der Waals surface area contributed by atoms with Crippen molar-refractivity contribution in [2.45, 2.75) is 102 Å². The Bertz CT molecular complexity index is 2680. The van der Waals surface area contributed by atoms with Crippen molar-refractivity contribution in [3.63, 3.8) is 0 Å². The first-order valence-corrected chi connectivity index (χ1v) is 23.6. The molecule has 0 bridgehead atoms. The average molecular weight is 915 g/mol. The minimum Gasteiger partial charge on any atom is -0.487 e. The third-order valence-corrected chi connectivity index (χ3v) is 13.8. The molecule has 0 unspecified atom stereocenters. The number of guanidine groups is 1. The van der Waals surface area contributed by atoms with Gasteiger partial charge in [0.25, 0.3) is 10.0 Å². The van der Waals surface area contributed by atoms with Crippen LogP contribution < -0.4 is 31.1 Å². The summed E-state index contributed by atoms with van der Waals surface area (Å²) in [5, 5.41) is 8.40. The number of nitrogens with one attached hydrogen (secondary N) is 4. The number of aliphatic imine (C=N–C) groups is 1. The molecule has 66 heavy (non-hydrogen) atoms. The van der Waals surface area contributed by atoms with Crippen molar-refractivity contribution < 1.29 is 37.0 Å². The first kappa shape index (κ1) is 47.1. The summed E-state index contributed by atoms with van der Waals surface area (Å²) in [6, 6.07) is 31.8. The highest BCUT2D eigenvalue weighted by atomic mass is 32.2. The number of carbonyl (C=O) groups excluding carboxylic acids is 3. The summed E-state index contributed by atoms with van der Waals surface area (Å²) in [4.78, 5) is 43.8. The lowest BCUT2D eigenvalue weighted by molar-refractivity contribution is -0.123. The van der Waals surface area contributed by atoms with Crippen LogP contribution in [0.25, 0.3) is 11.1 Å². The summed E-state index contributed by atoms with van der Waals surface area (Å²) in [6.45, 7) is 10.1. The Labute approximate surface area is 386 Å². The first-order valence-electron chi connectivity index (χ1n) is 22.2. The summed E-state index contributed by atoms with van der Waals surface area (Å²) in [6.07, 6.45) is 0.542. The Morgan fingerprint density at radius 1 is 0.773 bits per heavy atom. The highest BCUT2D eigenvalue weighted by Gasteiger charge is 2.34. The van der Waals surface area contributed by atoms with Gasteiger partial charge in [-0.3, -0.25) is 9.79 Å². The fourth-order valence-corrected chi connectivity index (χ4v) is 10.1. The maximum absolute atomic E-state index is 13.8. The molecule has 0 saturated carbocycles. The van der Waals surface area contributed by atoms with Gasteiger partial charge in [0.1, 0.15) is 30.6 Å². The van der Waals surface area contributed by atoms with Crippen molar-refractivity contribution in [3.8, 4) is 16.9 Å². The van der Waals surface area contributed by atoms with E-state index in [4.69, 9.17) is 19.9 Å². The average Bonchev–Trinajstić information content (AvgIpc) is 3.62. The largest absolute Gasteiger partial charge is 0.487 e. The second-order valence-electron chi connectivity index (χ2n) is 17.4. The molecule has 1 atom stereocenters. The zero-order valence-corrected chi connectivity index (χ0v) is 38.8. The van der Waals surface area contributed by atoms with Gasteiger partial charge >= 0.3 is 12.2 Å². The van der Waals surface area contributed by atoms with E-state index in [2.05, 4.69) is 37.8 Å². The summed E-state index contributed by atoms with van der Waals surface area (Å²) in [5.41, 5.74) is 15.4. The molecular weight excluding hydrogens is 857 g/mol. The van der Waals surface area contributed by atoms with Gasteiger partial charge in [-0.15, -0.1) is 0 Å². The first-order chi connectivity index (χ1) is 31.6. The molecule has 6 N–H and O–H groups in total. The smallest absolute Gasteiger partial charge is 0.407 e. The number of fused-ring (bicyclic) bond motifs is 4. The van der Waals surface area contributed by atoms with Crippen LogP contribution in [0.4, 0.5) is 9.59 Å². The number of carbonyl (C=O) groups is 3. The monoisotopic (exact) mass is 914 g/mol. The number of hydrogen-bond acceptors (Lipinski definition) is 9. The number of benzene rings is 5. The van der Waals surface area contributed by atoms with Gasteiger partial charge in [0.05, 0.1) is 4.90 Å². The van der Waals surface area contributed by atoms with E-state index < -0.39 is 34.2 Å². The molecule has 7 rings (SSSR count). The summed E-state index contributed by atoms with van der Waals surface area (Å²) in [7, 11) is -4.12. The lowest BCUT2D eigenvalue weighted by Gasteiger charge is -2.35. The SMILES string of the molecule is Cc1c(C)c(S(=O)(=O)NC(N)=NCCC[C@@H](NC(=O)OCC2c3ccccc3-c3ccccc32)C(=O)NCc2ccc(CNC(=O)OCc3ccccc3)cc2)c(C)c2c1OC(C)(C)CC2. The van der Waals surface area contributed by atoms with Crippen molar-refractivity contribution in [3.05, 3.63) is 153 Å². The number of ether oxygens (including phenoxy) is 3. The molecule has 5 aromatic carbocycles. The molecule has 0 saturated heterocycles. The molecule has 3 amide bonds. The van der Waals surface area contributed by atoms with Crippen molar-refractivity contribution in [1.82, 2.24) is 20.7 Å². The van der Waals surface area contributed by atoms with Crippen molar-refractivity contribution in [2.24, 2.45) is 10.7 Å². The fourth-order valence-electron chi connectivity index (χ4n) is 8.55. The molecule has 0 fully saturated rings. The van der Waals surface area contributed by atoms with Gasteiger partial charge in [-0.1, -0.05) is 103 Å². The molecule has 1 heterocycles. The van der Waals surface area contributed by atoms with E-state index in [1.165, 1.54) is 0 Å². The Balaban J connectivity index is 0.968. The number of sulfonamides is 1. The topological polar surface area (TPSA) is 200 Å². The van der Waals surface area contributed by atoms with E-state index in [0.717, 1.165) is 62.2 Å². The Hall–Kier alpha value is -6.87. The zero-order chi connectivity index (χ0) is 47.0. The maximum Gasteiger partial charge on any atom is 0.407 e. The van der Waals surface area contributed by atoms with Crippen molar-refractivity contribution in [2.75, 3.05) is 13.2 Å². The van der Waals surface area contributed by atoms with Crippen LogP contribution in [0.3, 0.4) is 0 Å². The van der Waals surface area contributed by atoms with Crippen LogP contribution in [0.1, 0.15) is 89.1 Å². The minimum absolute atomic E-state index is 0.0594. The van der Waals surface area contributed by atoms with Gasteiger partial charge in [0.15, 0.2) is 0 Å². The van der Waals surface area contributed by atoms with E-state index in [1.807, 2.05) is 112 Å². The van der Waals surface area contributed by atoms with Crippen LogP contribution in [0.15, 0.2) is 113 Å². The highest BCUT2D eigenvalue weighted by molar-refractivity contribution is 7.90. The minimum atomic E-state index is -4.12. The number of rotatable bonds is 16. The molecule has 0 spiro atoms. The molecule has 14 nitrogen and oxygen atoms in total. The predicted octanol–water partition coefficient (Wildman–Crippen LogP) is 7.74. The summed E-state index contributed by atoms with van der Waals surface area (Å²) >= 11 is 0. The van der Waals surface area contributed by atoms with E-state index in [9.17, 15) is 22.8 Å². The second-order valence-corrected chi connectivity index (χ2v) is 19.0. The van der Waals surface area contributed by atoms with Gasteiger partial charge < -0.3 is 35.9 Å². The molecule has 15 heteroatoms. The molecule has 0 aromatic heterocycles. The van der Waals surface area contributed by atoms with Crippen LogP contribution in [0.5, 0.6) is 5.75 Å². The van der Waals surface area contributed by atoms with Gasteiger partial charge in [-0.2, -0.15) is 0 Å². The maximum atomic E-state index is 13.8. The molecular formula is C51H58N6O8S. The quantitative estimate of drug-likeness (QED) is 0.0373. The lowest BCUT2D eigenvalue weighted by atomic mass is 9.88. The lowest BCUT2D eigenvalue weighted by Crippen LogP contribution is -2.47. The molecule has 346 valence electrons. The van der Waals surface area contributed by atoms with Gasteiger partial charge in [-0.25, -0.2) is 22.7 Å². The highest BCUT2D eigenvalue weighted by Crippen LogP contribution is 2.45.